The summed E-state index contributed by atoms with van der Waals surface area (Å²) in [5.41, 5.74) is 9.26. The molecule has 8 nitrogen and oxygen atoms in total. The maximum atomic E-state index is 10.1. The number of fused-ring (bicyclic) bond motifs is 1. The van der Waals surface area contributed by atoms with E-state index in [-0.39, 0.29) is 22.6 Å². The first-order chi connectivity index (χ1) is 16.7. The van der Waals surface area contributed by atoms with Gasteiger partial charge in [-0.1, -0.05) is 36.4 Å². The van der Waals surface area contributed by atoms with Crippen LogP contribution in [-0.2, 0) is 4.74 Å². The number of rotatable bonds is 4. The highest BCUT2D eigenvalue weighted by molar-refractivity contribution is 5.95. The van der Waals surface area contributed by atoms with Gasteiger partial charge in [-0.15, -0.1) is 0 Å². The summed E-state index contributed by atoms with van der Waals surface area (Å²) < 4.78 is 7.00. The van der Waals surface area contributed by atoms with Gasteiger partial charge in [-0.05, 0) is 30.3 Å². The molecule has 3 heterocycles. The summed E-state index contributed by atoms with van der Waals surface area (Å²) in [5, 5.41) is 25.4. The highest BCUT2D eigenvalue weighted by atomic mass is 16.5. The van der Waals surface area contributed by atoms with Crippen LogP contribution < -0.4 is 10.6 Å². The van der Waals surface area contributed by atoms with Crippen molar-refractivity contribution >= 4 is 34.2 Å². The lowest BCUT2D eigenvalue weighted by Gasteiger charge is -2.29. The van der Waals surface area contributed by atoms with Crippen LogP contribution in [0.2, 0.25) is 0 Å². The summed E-state index contributed by atoms with van der Waals surface area (Å²) in [5.74, 6) is 0.957. The Hall–Kier alpha value is -4.66. The van der Waals surface area contributed by atoms with E-state index in [2.05, 4.69) is 22.1 Å². The number of nitrogen functional groups attached to an aromatic ring is 1. The van der Waals surface area contributed by atoms with Crippen LogP contribution in [0, 0.1) is 22.7 Å². The van der Waals surface area contributed by atoms with Crippen molar-refractivity contribution in [2.24, 2.45) is 0 Å². The summed E-state index contributed by atoms with van der Waals surface area (Å²) in [6, 6.07) is 23.5. The molecule has 2 aromatic heterocycles. The van der Waals surface area contributed by atoms with Crippen molar-refractivity contribution in [3.63, 3.8) is 0 Å². The van der Waals surface area contributed by atoms with Gasteiger partial charge in [0.1, 0.15) is 35.0 Å². The van der Waals surface area contributed by atoms with Crippen molar-refractivity contribution in [3.05, 3.63) is 77.5 Å². The van der Waals surface area contributed by atoms with Crippen molar-refractivity contribution in [1.82, 2.24) is 14.8 Å². The third-order valence-corrected chi connectivity index (χ3v) is 5.75. The Labute approximate surface area is 196 Å². The lowest BCUT2D eigenvalue weighted by molar-refractivity contribution is 0.122. The molecule has 0 bridgehead atoms. The van der Waals surface area contributed by atoms with Gasteiger partial charge in [0.2, 0.25) is 0 Å². The molecule has 1 fully saturated rings. The number of hydrogen-bond donors (Lipinski definition) is 1. The summed E-state index contributed by atoms with van der Waals surface area (Å²) in [6.45, 7) is 2.62. The number of allylic oxidation sites excluding steroid dienone is 1. The van der Waals surface area contributed by atoms with Gasteiger partial charge in [0.05, 0.1) is 30.0 Å². The number of nitrogens with two attached hydrogens (primary N) is 1. The largest absolute Gasteiger partial charge is 0.382 e. The van der Waals surface area contributed by atoms with E-state index < -0.39 is 0 Å². The minimum Gasteiger partial charge on any atom is -0.382 e. The quantitative estimate of drug-likeness (QED) is 0.473. The number of nitrogens with zero attached hydrogens (tertiary/aromatic N) is 6. The lowest BCUT2D eigenvalue weighted by atomic mass is 10.0. The summed E-state index contributed by atoms with van der Waals surface area (Å²) >= 11 is 0. The molecule has 0 radical (unpaired) electrons. The molecule has 0 unspecified atom stereocenters. The first-order valence-corrected chi connectivity index (χ1v) is 10.9. The average molecular weight is 448 g/mol. The van der Waals surface area contributed by atoms with Crippen LogP contribution in [0.4, 0.5) is 11.6 Å². The number of pyridine rings is 1. The molecule has 0 atom stereocenters. The molecule has 0 spiro atoms. The second kappa shape index (κ2) is 9.07. The number of morpholine rings is 1. The van der Waals surface area contributed by atoms with Gasteiger partial charge >= 0.3 is 0 Å². The number of benzene rings is 2. The van der Waals surface area contributed by atoms with E-state index in [0.717, 1.165) is 22.3 Å². The van der Waals surface area contributed by atoms with E-state index in [0.29, 0.717) is 32.0 Å². The minimum atomic E-state index is 0.165. The predicted octanol–water partition coefficient (Wildman–Crippen LogP) is 3.78. The smallest absolute Gasteiger partial charge is 0.145 e. The van der Waals surface area contributed by atoms with Crippen molar-refractivity contribution in [3.8, 4) is 17.8 Å². The number of anilines is 2. The minimum absolute atomic E-state index is 0.165. The number of aromatic nitrogens is 3. The van der Waals surface area contributed by atoms with Crippen LogP contribution in [0.1, 0.15) is 16.8 Å². The molecule has 0 aliphatic carbocycles. The highest BCUT2D eigenvalue weighted by Crippen LogP contribution is 2.31. The van der Waals surface area contributed by atoms with Crippen LogP contribution in [0.5, 0.6) is 0 Å². The van der Waals surface area contributed by atoms with E-state index in [4.69, 9.17) is 15.5 Å². The molecule has 4 aromatic rings. The van der Waals surface area contributed by atoms with Gasteiger partial charge in [-0.2, -0.15) is 15.6 Å². The molecular formula is C26H21N7O. The zero-order valence-electron chi connectivity index (χ0n) is 18.3. The van der Waals surface area contributed by atoms with Crippen LogP contribution in [0.25, 0.3) is 28.2 Å². The fourth-order valence-corrected chi connectivity index (χ4v) is 4.06. The van der Waals surface area contributed by atoms with Crippen molar-refractivity contribution in [2.75, 3.05) is 36.9 Å². The molecule has 0 amide bonds. The normalized spacial score (nSPS) is 14.1. The van der Waals surface area contributed by atoms with Crippen LogP contribution in [0.3, 0.4) is 0 Å². The summed E-state index contributed by atoms with van der Waals surface area (Å²) in [4.78, 5) is 7.05. The molecule has 34 heavy (non-hydrogen) atoms. The Morgan fingerprint density at radius 2 is 1.76 bits per heavy atom. The topological polar surface area (TPSA) is 117 Å². The van der Waals surface area contributed by atoms with Gasteiger partial charge < -0.3 is 15.4 Å². The fourth-order valence-electron chi connectivity index (χ4n) is 4.06. The standard InChI is InChI=1S/C26H21N7O/c27-16-20(24-22(17-28)25(29)33(31-24)21-7-2-1-3-8-21)15-19-14-18-6-4-5-9-23(18)30-26(19)32-10-12-34-13-11-32/h1-9,14-15H,10-13,29H2/b20-15-. The fraction of sp³-hybridized carbons (Fsp3) is 0.154. The Balaban J connectivity index is 1.68. The van der Waals surface area contributed by atoms with Crippen LogP contribution in [-0.4, -0.2) is 41.1 Å². The first kappa shape index (κ1) is 21.2. The molecule has 2 N–H and O–H groups in total. The highest BCUT2D eigenvalue weighted by Gasteiger charge is 2.22. The van der Waals surface area contributed by atoms with Gasteiger partial charge in [0, 0.05) is 24.0 Å². The van der Waals surface area contributed by atoms with E-state index in [1.54, 1.807) is 6.08 Å². The molecule has 1 aliphatic rings. The first-order valence-electron chi connectivity index (χ1n) is 10.9. The molecule has 8 heteroatoms. The third-order valence-electron chi connectivity index (χ3n) is 5.75. The lowest BCUT2D eigenvalue weighted by Crippen LogP contribution is -2.37. The second-order valence-electron chi connectivity index (χ2n) is 7.83. The molecule has 1 aliphatic heterocycles. The molecule has 166 valence electrons. The summed E-state index contributed by atoms with van der Waals surface area (Å²) in [7, 11) is 0. The van der Waals surface area contributed by atoms with E-state index in [1.807, 2.05) is 60.7 Å². The Morgan fingerprint density at radius 1 is 1.03 bits per heavy atom. The van der Waals surface area contributed by atoms with Crippen LogP contribution in [0.15, 0.2) is 60.7 Å². The molecule has 0 saturated carbocycles. The Morgan fingerprint density at radius 3 is 2.50 bits per heavy atom. The molecule has 1 saturated heterocycles. The zero-order chi connectivity index (χ0) is 23.5. The Bertz CT molecular complexity index is 1470. The van der Waals surface area contributed by atoms with E-state index in [9.17, 15) is 10.5 Å². The third kappa shape index (κ3) is 3.83. The number of ether oxygens (including phenoxy) is 1. The van der Waals surface area contributed by atoms with E-state index in [1.165, 1.54) is 4.68 Å². The molecule has 5 rings (SSSR count). The van der Waals surface area contributed by atoms with Gasteiger partial charge in [0.25, 0.3) is 0 Å². The maximum Gasteiger partial charge on any atom is 0.145 e. The average Bonchev–Trinajstić information content (AvgIpc) is 3.23. The van der Waals surface area contributed by atoms with Gasteiger partial charge in [-0.3, -0.25) is 0 Å². The maximum absolute atomic E-state index is 10.1. The second-order valence-corrected chi connectivity index (χ2v) is 7.83. The Kier molecular flexibility index (Phi) is 5.65. The molecular weight excluding hydrogens is 426 g/mol. The van der Waals surface area contributed by atoms with Crippen molar-refractivity contribution in [1.29, 1.82) is 10.5 Å². The predicted molar refractivity (Wildman–Crippen MR) is 131 cm³/mol. The SMILES string of the molecule is N#C/C(=C/c1cc2ccccc2nc1N1CCOCC1)c1nn(-c2ccccc2)c(N)c1C#N. The molecule has 2 aromatic carbocycles. The van der Waals surface area contributed by atoms with Crippen molar-refractivity contribution < 1.29 is 4.74 Å². The summed E-state index contributed by atoms with van der Waals surface area (Å²) in [6.07, 6.45) is 1.74. The zero-order valence-corrected chi connectivity index (χ0v) is 18.3. The van der Waals surface area contributed by atoms with Crippen molar-refractivity contribution in [2.45, 2.75) is 0 Å². The van der Waals surface area contributed by atoms with Crippen LogP contribution >= 0.6 is 0 Å². The number of hydrogen-bond acceptors (Lipinski definition) is 7. The van der Waals surface area contributed by atoms with Gasteiger partial charge in [0.15, 0.2) is 0 Å². The number of nitriles is 2. The number of para-hydroxylation sites is 2. The monoisotopic (exact) mass is 447 g/mol. The van der Waals surface area contributed by atoms with E-state index >= 15 is 0 Å². The van der Waals surface area contributed by atoms with Gasteiger partial charge in [-0.25, -0.2) is 9.67 Å².